The predicted molar refractivity (Wildman–Crippen MR) is 121 cm³/mol. The maximum absolute atomic E-state index is 12.0. The van der Waals surface area contributed by atoms with E-state index in [1.54, 1.807) is 19.1 Å². The van der Waals surface area contributed by atoms with Crippen molar-refractivity contribution >= 4 is 46.3 Å². The van der Waals surface area contributed by atoms with E-state index in [0.29, 0.717) is 33.7 Å². The van der Waals surface area contributed by atoms with Crippen LogP contribution in [0.25, 0.3) is 0 Å². The number of carbonyl (C=O) groups excluding carboxylic acids is 1. The van der Waals surface area contributed by atoms with E-state index in [0.717, 1.165) is 16.8 Å². The van der Waals surface area contributed by atoms with Crippen molar-refractivity contribution in [2.45, 2.75) is 20.5 Å². The van der Waals surface area contributed by atoms with Crippen LogP contribution in [0, 0.1) is 6.92 Å². The molecule has 30 heavy (non-hydrogen) atoms. The monoisotopic (exact) mass is 423 g/mol. The van der Waals surface area contributed by atoms with E-state index in [9.17, 15) is 9.90 Å². The number of aliphatic hydroxyl groups is 1. The van der Waals surface area contributed by atoms with E-state index >= 15 is 0 Å². The second-order valence-electron chi connectivity index (χ2n) is 6.73. The molecule has 0 aliphatic rings. The number of rotatable bonds is 7. The topological polar surface area (TPSA) is 99.2 Å². The van der Waals surface area contributed by atoms with Crippen LogP contribution in [0.1, 0.15) is 18.1 Å². The molecule has 1 aromatic heterocycles. The fourth-order valence-electron chi connectivity index (χ4n) is 2.60. The number of benzene rings is 2. The Bertz CT molecular complexity index is 1100. The summed E-state index contributed by atoms with van der Waals surface area (Å²) >= 11 is 6.29. The van der Waals surface area contributed by atoms with E-state index in [1.165, 1.54) is 6.20 Å². The second-order valence-corrected chi connectivity index (χ2v) is 7.13. The number of hydrogen-bond acceptors (Lipinski definition) is 6. The number of aliphatic hydroxyl groups excluding tert-OH is 1. The highest BCUT2D eigenvalue weighted by Crippen LogP contribution is 2.30. The highest BCUT2D eigenvalue weighted by atomic mass is 35.5. The lowest BCUT2D eigenvalue weighted by molar-refractivity contribution is -0.112. The summed E-state index contributed by atoms with van der Waals surface area (Å²) in [5.41, 5.74) is 4.13. The number of para-hydroxylation sites is 2. The summed E-state index contributed by atoms with van der Waals surface area (Å²) in [5, 5.41) is 18.8. The molecule has 2 aromatic carbocycles. The van der Waals surface area contributed by atoms with Gasteiger partial charge in [0, 0.05) is 11.3 Å². The minimum Gasteiger partial charge on any atom is -0.392 e. The molecule has 0 unspecified atom stereocenters. The quantitative estimate of drug-likeness (QED) is 0.402. The third-order valence-electron chi connectivity index (χ3n) is 4.29. The number of aromatic nitrogens is 2. The lowest BCUT2D eigenvalue weighted by Gasteiger charge is -2.15. The van der Waals surface area contributed by atoms with Crippen LogP contribution in [0.5, 0.6) is 0 Å². The number of aryl methyl sites for hydroxylation is 1. The van der Waals surface area contributed by atoms with E-state index in [-0.39, 0.29) is 12.5 Å². The van der Waals surface area contributed by atoms with Gasteiger partial charge in [-0.15, -0.1) is 0 Å². The van der Waals surface area contributed by atoms with E-state index < -0.39 is 0 Å². The zero-order chi connectivity index (χ0) is 21.7. The number of nitrogens with one attached hydrogen (secondary N) is 3. The van der Waals surface area contributed by atoms with Crippen LogP contribution in [0.4, 0.5) is 28.8 Å². The molecule has 154 valence electrons. The van der Waals surface area contributed by atoms with Crippen LogP contribution in [0.15, 0.2) is 60.8 Å². The molecule has 4 N–H and O–H groups in total. The lowest BCUT2D eigenvalue weighted by atomic mass is 10.1. The number of hydrogen-bond donors (Lipinski definition) is 4. The van der Waals surface area contributed by atoms with Gasteiger partial charge in [0.1, 0.15) is 5.02 Å². The Labute approximate surface area is 179 Å². The molecular weight excluding hydrogens is 402 g/mol. The van der Waals surface area contributed by atoms with E-state index in [1.807, 2.05) is 37.3 Å². The van der Waals surface area contributed by atoms with E-state index in [4.69, 9.17) is 11.6 Å². The first-order valence-corrected chi connectivity index (χ1v) is 9.58. The van der Waals surface area contributed by atoms with E-state index in [2.05, 4.69) is 32.5 Å². The molecule has 0 atom stereocenters. The number of carbonyl (C=O) groups is 1. The minimum absolute atomic E-state index is 0.0596. The average molecular weight is 424 g/mol. The van der Waals surface area contributed by atoms with Gasteiger partial charge in [-0.2, -0.15) is 4.98 Å². The minimum atomic E-state index is -0.278. The van der Waals surface area contributed by atoms with Crippen molar-refractivity contribution < 1.29 is 9.90 Å². The summed E-state index contributed by atoms with van der Waals surface area (Å²) < 4.78 is 0. The molecule has 0 bridgehead atoms. The highest BCUT2D eigenvalue weighted by molar-refractivity contribution is 6.33. The first kappa shape index (κ1) is 21.3. The first-order chi connectivity index (χ1) is 14.4. The van der Waals surface area contributed by atoms with Crippen LogP contribution >= 0.6 is 11.6 Å². The van der Waals surface area contributed by atoms with Crippen molar-refractivity contribution in [2.24, 2.45) is 0 Å². The molecule has 0 radical (unpaired) electrons. The maximum Gasteiger partial charge on any atom is 0.250 e. The summed E-state index contributed by atoms with van der Waals surface area (Å²) in [6, 6.07) is 12.8. The van der Waals surface area contributed by atoms with Gasteiger partial charge >= 0.3 is 0 Å². The van der Waals surface area contributed by atoms with Gasteiger partial charge in [-0.25, -0.2) is 4.98 Å². The Morgan fingerprint density at radius 1 is 1.13 bits per heavy atom. The molecular formula is C22H22ClN5O2. The normalized spacial score (nSPS) is 10.4. The number of amides is 1. The van der Waals surface area contributed by atoms with Crippen molar-refractivity contribution in [3.05, 3.63) is 77.0 Å². The zero-order valence-electron chi connectivity index (χ0n) is 16.7. The van der Waals surface area contributed by atoms with Crippen molar-refractivity contribution in [3.8, 4) is 0 Å². The third kappa shape index (κ3) is 5.14. The molecule has 0 saturated heterocycles. The first-order valence-electron chi connectivity index (χ1n) is 9.20. The van der Waals surface area contributed by atoms with Crippen LogP contribution in [0.3, 0.4) is 0 Å². The molecule has 0 fully saturated rings. The van der Waals surface area contributed by atoms with Crippen molar-refractivity contribution in [3.63, 3.8) is 0 Å². The number of halogens is 1. The SMILES string of the molecule is C=C(C)C(=O)Nc1ccccc1Nc1nc(Nc2cc(CO)ccc2C)ncc1Cl. The van der Waals surface area contributed by atoms with Gasteiger partial charge in [0.25, 0.3) is 5.91 Å². The summed E-state index contributed by atoms with van der Waals surface area (Å²) in [4.78, 5) is 20.7. The Morgan fingerprint density at radius 2 is 1.87 bits per heavy atom. The van der Waals surface area contributed by atoms with Gasteiger partial charge < -0.3 is 21.1 Å². The van der Waals surface area contributed by atoms with Gasteiger partial charge in [-0.3, -0.25) is 4.79 Å². The Hall–Kier alpha value is -3.42. The van der Waals surface area contributed by atoms with Gasteiger partial charge in [0.15, 0.2) is 5.82 Å². The lowest BCUT2D eigenvalue weighted by Crippen LogP contribution is -2.13. The molecule has 7 nitrogen and oxygen atoms in total. The average Bonchev–Trinajstić information content (AvgIpc) is 2.73. The standard InChI is InChI=1S/C22H22ClN5O2/c1-13(2)21(30)26-18-7-5-4-6-17(18)25-20-16(23)11-24-22(28-20)27-19-10-15(12-29)9-8-14(19)3/h4-11,29H,1,12H2,2-3H3,(H,26,30)(H2,24,25,27,28). The van der Waals surface area contributed by atoms with Crippen molar-refractivity contribution in [2.75, 3.05) is 16.0 Å². The fraction of sp³-hybridized carbons (Fsp3) is 0.136. The van der Waals surface area contributed by atoms with Gasteiger partial charge in [0.2, 0.25) is 5.95 Å². The van der Waals surface area contributed by atoms with Crippen molar-refractivity contribution in [1.29, 1.82) is 0 Å². The van der Waals surface area contributed by atoms with Crippen LogP contribution < -0.4 is 16.0 Å². The molecule has 8 heteroatoms. The van der Waals surface area contributed by atoms with Crippen LogP contribution in [-0.2, 0) is 11.4 Å². The number of nitrogens with zero attached hydrogens (tertiary/aromatic N) is 2. The molecule has 0 saturated carbocycles. The predicted octanol–water partition coefficient (Wildman–Crippen LogP) is 4.93. The Morgan fingerprint density at radius 3 is 2.57 bits per heavy atom. The third-order valence-corrected chi connectivity index (χ3v) is 4.57. The van der Waals surface area contributed by atoms with Crippen molar-refractivity contribution in [1.82, 2.24) is 9.97 Å². The molecule has 3 aromatic rings. The molecule has 1 heterocycles. The highest BCUT2D eigenvalue weighted by Gasteiger charge is 2.12. The molecule has 0 spiro atoms. The van der Waals surface area contributed by atoms with Crippen LogP contribution in [0.2, 0.25) is 5.02 Å². The summed E-state index contributed by atoms with van der Waals surface area (Å²) in [6.45, 7) is 7.17. The summed E-state index contributed by atoms with van der Waals surface area (Å²) in [6.07, 6.45) is 1.49. The largest absolute Gasteiger partial charge is 0.392 e. The summed E-state index contributed by atoms with van der Waals surface area (Å²) in [7, 11) is 0. The second kappa shape index (κ2) is 9.39. The molecule has 1 amide bonds. The van der Waals surface area contributed by atoms with Gasteiger partial charge in [-0.1, -0.05) is 42.4 Å². The number of anilines is 5. The molecule has 0 aliphatic carbocycles. The summed E-state index contributed by atoms with van der Waals surface area (Å²) in [5.74, 6) is 0.435. The smallest absolute Gasteiger partial charge is 0.250 e. The fourth-order valence-corrected chi connectivity index (χ4v) is 2.73. The maximum atomic E-state index is 12.0. The Balaban J connectivity index is 1.87. The molecule has 3 rings (SSSR count). The van der Waals surface area contributed by atoms with Gasteiger partial charge in [-0.05, 0) is 43.2 Å². The molecule has 0 aliphatic heterocycles. The van der Waals surface area contributed by atoms with Gasteiger partial charge in [0.05, 0.1) is 24.2 Å². The zero-order valence-corrected chi connectivity index (χ0v) is 17.4. The Kier molecular flexibility index (Phi) is 6.66. The van der Waals surface area contributed by atoms with Crippen LogP contribution in [-0.4, -0.2) is 21.0 Å².